The molecule has 3 aliphatic carbocycles. The molecule has 0 aromatic rings. The van der Waals surface area contributed by atoms with Crippen molar-refractivity contribution in [2.75, 3.05) is 6.54 Å². The molecule has 1 saturated heterocycles. The van der Waals surface area contributed by atoms with Gasteiger partial charge in [0.05, 0.1) is 0 Å². The van der Waals surface area contributed by atoms with Crippen LogP contribution in [-0.2, 0) is 4.79 Å². The fourth-order valence-electron chi connectivity index (χ4n) is 6.08. The van der Waals surface area contributed by atoms with Crippen LogP contribution in [0.15, 0.2) is 0 Å². The van der Waals surface area contributed by atoms with Gasteiger partial charge >= 0.3 is 0 Å². The molecule has 2 bridgehead atoms. The van der Waals surface area contributed by atoms with E-state index in [1.165, 1.54) is 51.4 Å². The van der Waals surface area contributed by atoms with Crippen LogP contribution in [0.1, 0.15) is 70.6 Å². The first kappa shape index (κ1) is 15.0. The molecule has 4 unspecified atom stereocenters. The van der Waals surface area contributed by atoms with Crippen molar-refractivity contribution in [3.05, 3.63) is 0 Å². The van der Waals surface area contributed by atoms with Crippen molar-refractivity contribution in [1.82, 2.24) is 4.90 Å². The predicted molar refractivity (Wildman–Crippen MR) is 88.2 cm³/mol. The van der Waals surface area contributed by atoms with Crippen LogP contribution in [0.3, 0.4) is 0 Å². The van der Waals surface area contributed by atoms with E-state index in [-0.39, 0.29) is 6.04 Å². The Labute approximate surface area is 135 Å². The third-order valence-electron chi connectivity index (χ3n) is 7.31. The third kappa shape index (κ3) is 2.81. The molecule has 3 saturated carbocycles. The van der Waals surface area contributed by atoms with E-state index in [0.29, 0.717) is 24.3 Å². The molecule has 3 heteroatoms. The van der Waals surface area contributed by atoms with Gasteiger partial charge in [0.15, 0.2) is 0 Å². The zero-order chi connectivity index (χ0) is 15.1. The van der Waals surface area contributed by atoms with Gasteiger partial charge in [0, 0.05) is 25.0 Å². The Kier molecular flexibility index (Phi) is 4.19. The van der Waals surface area contributed by atoms with Gasteiger partial charge in [-0.15, -0.1) is 0 Å². The Morgan fingerprint density at radius 3 is 2.59 bits per heavy atom. The van der Waals surface area contributed by atoms with E-state index in [1.807, 2.05) is 0 Å². The van der Waals surface area contributed by atoms with Gasteiger partial charge in [0.1, 0.15) is 0 Å². The Hall–Kier alpha value is -0.570. The summed E-state index contributed by atoms with van der Waals surface area (Å²) in [6.45, 7) is 1.01. The average Bonchev–Trinajstić information content (AvgIpc) is 3.25. The smallest absolute Gasteiger partial charge is 0.223 e. The number of carbonyl (C=O) groups is 1. The van der Waals surface area contributed by atoms with E-state index >= 15 is 0 Å². The van der Waals surface area contributed by atoms with Crippen LogP contribution >= 0.6 is 0 Å². The lowest BCUT2D eigenvalue weighted by molar-refractivity contribution is -0.133. The van der Waals surface area contributed by atoms with Crippen LogP contribution in [0.5, 0.6) is 0 Å². The van der Waals surface area contributed by atoms with Gasteiger partial charge in [-0.2, -0.15) is 0 Å². The zero-order valence-electron chi connectivity index (χ0n) is 13.9. The summed E-state index contributed by atoms with van der Waals surface area (Å²) in [5.41, 5.74) is 6.16. The van der Waals surface area contributed by atoms with Gasteiger partial charge in [0.2, 0.25) is 5.91 Å². The molecule has 0 spiro atoms. The minimum Gasteiger partial charge on any atom is -0.340 e. The molecule has 2 N–H and O–H groups in total. The summed E-state index contributed by atoms with van der Waals surface area (Å²) in [6, 6.07) is 0.824. The number of nitrogens with zero attached hydrogens (tertiary/aromatic N) is 1. The van der Waals surface area contributed by atoms with Crippen LogP contribution in [0, 0.1) is 23.7 Å². The minimum atomic E-state index is 0.274. The van der Waals surface area contributed by atoms with Crippen molar-refractivity contribution in [2.45, 2.75) is 82.7 Å². The largest absolute Gasteiger partial charge is 0.340 e. The van der Waals surface area contributed by atoms with Gasteiger partial charge in [-0.3, -0.25) is 4.79 Å². The second kappa shape index (κ2) is 6.14. The molecular weight excluding hydrogens is 272 g/mol. The highest BCUT2D eigenvalue weighted by Crippen LogP contribution is 2.50. The van der Waals surface area contributed by atoms with Crippen molar-refractivity contribution < 1.29 is 4.79 Å². The van der Waals surface area contributed by atoms with E-state index in [9.17, 15) is 4.79 Å². The number of nitrogens with two attached hydrogens (primary N) is 1. The number of hydrogen-bond donors (Lipinski definition) is 1. The summed E-state index contributed by atoms with van der Waals surface area (Å²) >= 11 is 0. The van der Waals surface area contributed by atoms with E-state index < -0.39 is 0 Å². The topological polar surface area (TPSA) is 46.3 Å². The first-order valence-electron chi connectivity index (χ1n) is 9.75. The van der Waals surface area contributed by atoms with Gasteiger partial charge < -0.3 is 10.6 Å². The van der Waals surface area contributed by atoms with E-state index in [4.69, 9.17) is 5.73 Å². The number of likely N-dealkylation sites (tertiary alicyclic amines) is 1. The maximum Gasteiger partial charge on any atom is 0.223 e. The molecule has 6 atom stereocenters. The second-order valence-corrected chi connectivity index (χ2v) is 8.61. The standard InChI is InChI=1S/C19H32N2O/c20-18-5-1-3-15(18)12-19(22)21-8-2-4-17(21)11-16-10-13-6-7-14(16)9-13/h13-18H,1-12,20H2/t13?,14?,15-,16?,17?,18+/m0/s1. The van der Waals surface area contributed by atoms with Gasteiger partial charge in [-0.1, -0.05) is 12.8 Å². The summed E-state index contributed by atoms with van der Waals surface area (Å²) in [6.07, 6.45) is 13.9. The van der Waals surface area contributed by atoms with Crippen LogP contribution < -0.4 is 5.73 Å². The summed E-state index contributed by atoms with van der Waals surface area (Å²) in [7, 11) is 0. The SMILES string of the molecule is N[C@@H]1CCC[C@H]1CC(=O)N1CCCC1CC1CC2CCC1C2. The monoisotopic (exact) mass is 304 g/mol. The molecule has 1 aliphatic heterocycles. The van der Waals surface area contributed by atoms with Crippen LogP contribution in [0.4, 0.5) is 0 Å². The quantitative estimate of drug-likeness (QED) is 0.866. The molecule has 4 rings (SSSR count). The normalized spacial score (nSPS) is 44.1. The molecular formula is C19H32N2O. The summed E-state index contributed by atoms with van der Waals surface area (Å²) in [5, 5.41) is 0. The van der Waals surface area contributed by atoms with Gasteiger partial charge in [0.25, 0.3) is 0 Å². The Morgan fingerprint density at radius 2 is 1.91 bits per heavy atom. The van der Waals surface area contributed by atoms with Crippen molar-refractivity contribution in [1.29, 1.82) is 0 Å². The van der Waals surface area contributed by atoms with E-state index in [0.717, 1.165) is 37.1 Å². The Balaban J connectivity index is 1.33. The first-order chi connectivity index (χ1) is 10.7. The highest BCUT2D eigenvalue weighted by atomic mass is 16.2. The lowest BCUT2D eigenvalue weighted by Crippen LogP contribution is -2.39. The van der Waals surface area contributed by atoms with E-state index in [2.05, 4.69) is 4.90 Å². The lowest BCUT2D eigenvalue weighted by atomic mass is 9.83. The number of hydrogen-bond acceptors (Lipinski definition) is 2. The summed E-state index contributed by atoms with van der Waals surface area (Å²) in [5.74, 6) is 3.80. The fourth-order valence-corrected chi connectivity index (χ4v) is 6.08. The molecule has 1 amide bonds. The number of fused-ring (bicyclic) bond motifs is 2. The minimum absolute atomic E-state index is 0.274. The van der Waals surface area contributed by atoms with Crippen molar-refractivity contribution in [2.24, 2.45) is 29.4 Å². The molecule has 124 valence electrons. The van der Waals surface area contributed by atoms with Gasteiger partial charge in [-0.05, 0) is 75.0 Å². The second-order valence-electron chi connectivity index (χ2n) is 8.61. The van der Waals surface area contributed by atoms with Crippen molar-refractivity contribution >= 4 is 5.91 Å². The average molecular weight is 304 g/mol. The number of rotatable bonds is 4. The van der Waals surface area contributed by atoms with Gasteiger partial charge in [-0.25, -0.2) is 0 Å². The van der Waals surface area contributed by atoms with E-state index in [1.54, 1.807) is 0 Å². The zero-order valence-corrected chi connectivity index (χ0v) is 13.9. The predicted octanol–water partition coefficient (Wildman–Crippen LogP) is 3.32. The molecule has 0 radical (unpaired) electrons. The Bertz CT molecular complexity index is 424. The molecule has 0 aromatic heterocycles. The summed E-state index contributed by atoms with van der Waals surface area (Å²) < 4.78 is 0. The third-order valence-corrected chi connectivity index (χ3v) is 7.31. The molecule has 4 fully saturated rings. The molecule has 22 heavy (non-hydrogen) atoms. The fraction of sp³-hybridized carbons (Fsp3) is 0.947. The molecule has 0 aromatic carbocycles. The highest BCUT2D eigenvalue weighted by Gasteiger charge is 2.42. The molecule has 3 nitrogen and oxygen atoms in total. The first-order valence-corrected chi connectivity index (χ1v) is 9.75. The number of amides is 1. The Morgan fingerprint density at radius 1 is 1.00 bits per heavy atom. The molecule has 1 heterocycles. The summed E-state index contributed by atoms with van der Waals surface area (Å²) in [4.78, 5) is 15.0. The van der Waals surface area contributed by atoms with Crippen LogP contribution in [-0.4, -0.2) is 29.4 Å². The van der Waals surface area contributed by atoms with Crippen LogP contribution in [0.25, 0.3) is 0 Å². The molecule has 4 aliphatic rings. The maximum absolute atomic E-state index is 12.8. The van der Waals surface area contributed by atoms with Crippen molar-refractivity contribution in [3.63, 3.8) is 0 Å². The maximum atomic E-state index is 12.8. The lowest BCUT2D eigenvalue weighted by Gasteiger charge is -2.31. The number of carbonyl (C=O) groups excluding carboxylic acids is 1. The van der Waals surface area contributed by atoms with Crippen molar-refractivity contribution in [3.8, 4) is 0 Å². The van der Waals surface area contributed by atoms with Crippen LogP contribution in [0.2, 0.25) is 0 Å². The highest BCUT2D eigenvalue weighted by molar-refractivity contribution is 5.77.